The van der Waals surface area contributed by atoms with Gasteiger partial charge in [-0.1, -0.05) is 23.7 Å². The SMILES string of the molecule is O=C(O)N1CCN(c2nccnc2-c2ccc(Cl)cc2)CC1. The number of nitrogens with zero attached hydrogens (tertiary/aromatic N) is 4. The number of carbonyl (C=O) groups is 1. The number of halogens is 1. The molecule has 0 aliphatic carbocycles. The quantitative estimate of drug-likeness (QED) is 0.921. The predicted octanol–water partition coefficient (Wildman–Crippen LogP) is 2.60. The van der Waals surface area contributed by atoms with Gasteiger partial charge in [0.25, 0.3) is 0 Å². The number of rotatable bonds is 2. The lowest BCUT2D eigenvalue weighted by Gasteiger charge is -2.34. The van der Waals surface area contributed by atoms with Gasteiger partial charge in [0.1, 0.15) is 5.69 Å². The third-order valence-electron chi connectivity index (χ3n) is 3.65. The monoisotopic (exact) mass is 318 g/mol. The van der Waals surface area contributed by atoms with E-state index in [9.17, 15) is 4.79 Å². The summed E-state index contributed by atoms with van der Waals surface area (Å²) in [5.41, 5.74) is 1.72. The molecule has 6 nitrogen and oxygen atoms in total. The molecular formula is C15H15ClN4O2. The van der Waals surface area contributed by atoms with Crippen LogP contribution in [0.1, 0.15) is 0 Å². The topological polar surface area (TPSA) is 69.6 Å². The fourth-order valence-corrected chi connectivity index (χ4v) is 2.61. The van der Waals surface area contributed by atoms with E-state index in [1.807, 2.05) is 24.3 Å². The van der Waals surface area contributed by atoms with E-state index in [2.05, 4.69) is 14.9 Å². The number of aromatic nitrogens is 2. The number of carboxylic acid groups (broad SMARTS) is 1. The van der Waals surface area contributed by atoms with E-state index in [1.54, 1.807) is 12.4 Å². The number of anilines is 1. The van der Waals surface area contributed by atoms with Crippen molar-refractivity contribution in [1.82, 2.24) is 14.9 Å². The third kappa shape index (κ3) is 2.96. The molecule has 1 N–H and O–H groups in total. The zero-order valence-electron chi connectivity index (χ0n) is 11.8. The second-order valence-corrected chi connectivity index (χ2v) is 5.43. The lowest BCUT2D eigenvalue weighted by Crippen LogP contribution is -2.48. The van der Waals surface area contributed by atoms with Crippen molar-refractivity contribution in [2.45, 2.75) is 0 Å². The van der Waals surface area contributed by atoms with E-state index in [0.717, 1.165) is 17.1 Å². The zero-order chi connectivity index (χ0) is 15.5. The van der Waals surface area contributed by atoms with Gasteiger partial charge in [0, 0.05) is 49.2 Å². The molecule has 22 heavy (non-hydrogen) atoms. The summed E-state index contributed by atoms with van der Waals surface area (Å²) in [6, 6.07) is 7.45. The van der Waals surface area contributed by atoms with E-state index in [1.165, 1.54) is 4.90 Å². The Morgan fingerprint density at radius 3 is 2.32 bits per heavy atom. The second kappa shape index (κ2) is 6.19. The molecule has 1 fully saturated rings. The van der Waals surface area contributed by atoms with Gasteiger partial charge in [0.2, 0.25) is 0 Å². The normalized spacial score (nSPS) is 15.0. The summed E-state index contributed by atoms with van der Waals surface area (Å²) in [5, 5.41) is 9.69. The Hall–Kier alpha value is -2.34. The van der Waals surface area contributed by atoms with Crippen LogP contribution >= 0.6 is 11.6 Å². The maximum atomic E-state index is 11.0. The first-order valence-electron chi connectivity index (χ1n) is 6.95. The third-order valence-corrected chi connectivity index (χ3v) is 3.90. The Kier molecular flexibility index (Phi) is 4.11. The first-order chi connectivity index (χ1) is 10.6. The molecule has 1 aliphatic heterocycles. The Morgan fingerprint density at radius 1 is 1.05 bits per heavy atom. The Balaban J connectivity index is 1.86. The molecule has 2 heterocycles. The van der Waals surface area contributed by atoms with Gasteiger partial charge in [0.05, 0.1) is 0 Å². The van der Waals surface area contributed by atoms with Crippen LogP contribution < -0.4 is 4.90 Å². The number of hydrogen-bond donors (Lipinski definition) is 1. The van der Waals surface area contributed by atoms with Gasteiger partial charge >= 0.3 is 6.09 Å². The van der Waals surface area contributed by atoms with Crippen molar-refractivity contribution in [3.05, 3.63) is 41.7 Å². The minimum absolute atomic E-state index is 0.464. The molecule has 0 bridgehead atoms. The van der Waals surface area contributed by atoms with E-state index in [0.29, 0.717) is 31.2 Å². The van der Waals surface area contributed by atoms with Gasteiger partial charge in [0.15, 0.2) is 5.82 Å². The Bertz CT molecular complexity index is 669. The van der Waals surface area contributed by atoms with Crippen molar-refractivity contribution in [3.8, 4) is 11.3 Å². The molecular weight excluding hydrogens is 304 g/mol. The molecule has 1 amide bonds. The summed E-state index contributed by atoms with van der Waals surface area (Å²) >= 11 is 5.93. The highest BCUT2D eigenvalue weighted by atomic mass is 35.5. The highest BCUT2D eigenvalue weighted by Crippen LogP contribution is 2.28. The Morgan fingerprint density at radius 2 is 1.68 bits per heavy atom. The van der Waals surface area contributed by atoms with Gasteiger partial charge in [-0.05, 0) is 12.1 Å². The van der Waals surface area contributed by atoms with Crippen LogP contribution in [0.25, 0.3) is 11.3 Å². The number of piperazine rings is 1. The van der Waals surface area contributed by atoms with Crippen LogP contribution in [0.4, 0.5) is 10.6 Å². The second-order valence-electron chi connectivity index (χ2n) is 4.99. The van der Waals surface area contributed by atoms with E-state index < -0.39 is 6.09 Å². The summed E-state index contributed by atoms with van der Waals surface area (Å²) < 4.78 is 0. The zero-order valence-corrected chi connectivity index (χ0v) is 12.6. The highest BCUT2D eigenvalue weighted by Gasteiger charge is 2.23. The minimum Gasteiger partial charge on any atom is -0.465 e. The molecule has 0 atom stereocenters. The molecule has 3 rings (SSSR count). The maximum absolute atomic E-state index is 11.0. The molecule has 2 aromatic rings. The maximum Gasteiger partial charge on any atom is 0.407 e. The van der Waals surface area contributed by atoms with Crippen molar-refractivity contribution in [2.75, 3.05) is 31.1 Å². The summed E-state index contributed by atoms with van der Waals surface area (Å²) in [6.07, 6.45) is 2.43. The van der Waals surface area contributed by atoms with Crippen molar-refractivity contribution >= 4 is 23.5 Å². The van der Waals surface area contributed by atoms with Gasteiger partial charge in [-0.3, -0.25) is 4.98 Å². The molecule has 1 aliphatic rings. The molecule has 1 aromatic carbocycles. The van der Waals surface area contributed by atoms with E-state index >= 15 is 0 Å². The van der Waals surface area contributed by atoms with Crippen molar-refractivity contribution in [3.63, 3.8) is 0 Å². The average molecular weight is 319 g/mol. The first kappa shape index (κ1) is 14.6. The van der Waals surface area contributed by atoms with Gasteiger partial charge < -0.3 is 14.9 Å². The van der Waals surface area contributed by atoms with Crippen molar-refractivity contribution in [1.29, 1.82) is 0 Å². The average Bonchev–Trinajstić information content (AvgIpc) is 2.56. The lowest BCUT2D eigenvalue weighted by molar-refractivity contribution is 0.142. The van der Waals surface area contributed by atoms with Crippen LogP contribution in [0.2, 0.25) is 5.02 Å². The fraction of sp³-hybridized carbons (Fsp3) is 0.267. The van der Waals surface area contributed by atoms with Crippen LogP contribution in [-0.4, -0.2) is 52.2 Å². The summed E-state index contributed by atoms with van der Waals surface area (Å²) in [6.45, 7) is 2.13. The van der Waals surface area contributed by atoms with Crippen LogP contribution in [-0.2, 0) is 0 Å². The largest absolute Gasteiger partial charge is 0.465 e. The van der Waals surface area contributed by atoms with Crippen LogP contribution in [0.3, 0.4) is 0 Å². The van der Waals surface area contributed by atoms with Gasteiger partial charge in [-0.15, -0.1) is 0 Å². The summed E-state index contributed by atoms with van der Waals surface area (Å²) in [5.74, 6) is 0.773. The van der Waals surface area contributed by atoms with Gasteiger partial charge in [-0.2, -0.15) is 0 Å². The molecule has 1 aromatic heterocycles. The molecule has 0 spiro atoms. The Labute approximate surface area is 133 Å². The number of amides is 1. The molecule has 0 saturated carbocycles. The molecule has 7 heteroatoms. The smallest absolute Gasteiger partial charge is 0.407 e. The van der Waals surface area contributed by atoms with Crippen LogP contribution in [0.15, 0.2) is 36.7 Å². The van der Waals surface area contributed by atoms with Crippen LogP contribution in [0, 0.1) is 0 Å². The lowest BCUT2D eigenvalue weighted by atomic mass is 10.1. The fourth-order valence-electron chi connectivity index (χ4n) is 2.48. The first-order valence-corrected chi connectivity index (χ1v) is 7.33. The van der Waals surface area contributed by atoms with Gasteiger partial charge in [-0.25, -0.2) is 9.78 Å². The standard InChI is InChI=1S/C15H15ClN4O2/c16-12-3-1-11(2-4-12)13-14(18-6-5-17-13)19-7-9-20(10-8-19)15(21)22/h1-6H,7-10H2,(H,21,22). The molecule has 0 radical (unpaired) electrons. The van der Waals surface area contributed by atoms with Crippen LogP contribution in [0.5, 0.6) is 0 Å². The minimum atomic E-state index is -0.878. The predicted molar refractivity (Wildman–Crippen MR) is 84.3 cm³/mol. The molecule has 114 valence electrons. The number of hydrogen-bond acceptors (Lipinski definition) is 4. The molecule has 1 saturated heterocycles. The van der Waals surface area contributed by atoms with Crippen molar-refractivity contribution < 1.29 is 9.90 Å². The van der Waals surface area contributed by atoms with E-state index in [4.69, 9.17) is 16.7 Å². The van der Waals surface area contributed by atoms with E-state index in [-0.39, 0.29) is 0 Å². The molecule has 0 unspecified atom stereocenters. The highest BCUT2D eigenvalue weighted by molar-refractivity contribution is 6.30. The summed E-state index contributed by atoms with van der Waals surface area (Å²) in [4.78, 5) is 23.3. The summed E-state index contributed by atoms with van der Waals surface area (Å²) in [7, 11) is 0. The van der Waals surface area contributed by atoms with Crippen molar-refractivity contribution in [2.24, 2.45) is 0 Å². The number of benzene rings is 1.